The molecule has 0 aromatic heterocycles. The summed E-state index contributed by atoms with van der Waals surface area (Å²) >= 11 is 0. The van der Waals surface area contributed by atoms with Crippen molar-refractivity contribution in [3.63, 3.8) is 0 Å². The second-order valence-corrected chi connectivity index (χ2v) is 6.84. The number of carbonyl (C=O) groups excluding carboxylic acids is 1. The van der Waals surface area contributed by atoms with Crippen LogP contribution < -0.4 is 14.4 Å². The van der Waals surface area contributed by atoms with Crippen LogP contribution in [0.3, 0.4) is 0 Å². The number of nitrogens with one attached hydrogen (secondary N) is 1. The lowest BCUT2D eigenvalue weighted by atomic mass is 9.95. The Morgan fingerprint density at radius 1 is 1.15 bits per heavy atom. The maximum atomic E-state index is 12.5. The summed E-state index contributed by atoms with van der Waals surface area (Å²) in [5, 5.41) is 0. The molecule has 0 amide bonds. The first-order valence-corrected chi connectivity index (χ1v) is 9.11. The molecule has 26 heavy (non-hydrogen) atoms. The molecule has 4 rings (SSSR count). The summed E-state index contributed by atoms with van der Waals surface area (Å²) < 4.78 is 17.1. The van der Waals surface area contributed by atoms with E-state index in [9.17, 15) is 4.79 Å². The Bertz CT molecular complexity index is 798. The molecule has 2 aromatic rings. The predicted molar refractivity (Wildman–Crippen MR) is 97.0 cm³/mol. The number of hydrogen-bond acceptors (Lipinski definition) is 4. The smallest absolute Gasteiger partial charge is 0.170 e. The average molecular weight is 354 g/mol. The summed E-state index contributed by atoms with van der Waals surface area (Å²) in [5.74, 6) is 1.69. The highest BCUT2D eigenvalue weighted by Gasteiger charge is 2.28. The van der Waals surface area contributed by atoms with Crippen molar-refractivity contribution in [1.29, 1.82) is 0 Å². The molecule has 1 N–H and O–H groups in total. The van der Waals surface area contributed by atoms with Gasteiger partial charge in [-0.1, -0.05) is 18.2 Å². The molecule has 2 aliphatic heterocycles. The number of benzene rings is 2. The first-order chi connectivity index (χ1) is 12.7. The maximum Gasteiger partial charge on any atom is 0.170 e. The van der Waals surface area contributed by atoms with Crippen molar-refractivity contribution in [3.05, 3.63) is 59.2 Å². The van der Waals surface area contributed by atoms with Crippen LogP contribution in [0.2, 0.25) is 0 Å². The fraction of sp³-hybridized carbons (Fsp3) is 0.381. The molecule has 0 saturated carbocycles. The minimum absolute atomic E-state index is 0.132. The lowest BCUT2D eigenvalue weighted by Gasteiger charge is -2.27. The number of rotatable bonds is 4. The fourth-order valence-electron chi connectivity index (χ4n) is 3.70. The Kier molecular flexibility index (Phi) is 4.91. The Hall–Kier alpha value is -2.37. The van der Waals surface area contributed by atoms with E-state index in [1.807, 2.05) is 36.4 Å². The van der Waals surface area contributed by atoms with Gasteiger partial charge in [0, 0.05) is 5.56 Å². The SMILES string of the molecule is COc1ccc([C@H]2CC(=O)c3ccccc3O2)cc1C[NH+]1CCOCC1. The van der Waals surface area contributed by atoms with Crippen LogP contribution in [0.4, 0.5) is 0 Å². The third-order valence-electron chi connectivity index (χ3n) is 5.14. The van der Waals surface area contributed by atoms with Gasteiger partial charge in [-0.05, 0) is 29.8 Å². The molecule has 5 nitrogen and oxygen atoms in total. The molecular formula is C21H24NO4+. The molecule has 0 aliphatic carbocycles. The zero-order valence-corrected chi connectivity index (χ0v) is 15.0. The molecule has 0 radical (unpaired) electrons. The second kappa shape index (κ2) is 7.48. The molecule has 0 unspecified atom stereocenters. The first-order valence-electron chi connectivity index (χ1n) is 9.11. The number of methoxy groups -OCH3 is 1. The van der Waals surface area contributed by atoms with Crippen LogP contribution in [0.15, 0.2) is 42.5 Å². The molecule has 2 aromatic carbocycles. The van der Waals surface area contributed by atoms with E-state index in [1.165, 1.54) is 4.90 Å². The van der Waals surface area contributed by atoms with E-state index >= 15 is 0 Å². The molecular weight excluding hydrogens is 330 g/mol. The normalized spacial score (nSPS) is 20.3. The summed E-state index contributed by atoms with van der Waals surface area (Å²) in [6.45, 7) is 4.48. The van der Waals surface area contributed by atoms with Gasteiger partial charge in [-0.3, -0.25) is 4.79 Å². The summed E-state index contributed by atoms with van der Waals surface area (Å²) in [4.78, 5) is 14.0. The highest BCUT2D eigenvalue weighted by atomic mass is 16.5. The van der Waals surface area contributed by atoms with Crippen LogP contribution in [0.25, 0.3) is 0 Å². The number of quaternary nitrogens is 1. The highest BCUT2D eigenvalue weighted by molar-refractivity contribution is 5.99. The third kappa shape index (κ3) is 3.45. The molecule has 1 atom stereocenters. The maximum absolute atomic E-state index is 12.5. The number of ketones is 1. The molecule has 0 bridgehead atoms. The minimum Gasteiger partial charge on any atom is -0.496 e. The summed E-state index contributed by atoms with van der Waals surface area (Å²) in [5.41, 5.74) is 2.85. The van der Waals surface area contributed by atoms with Crippen LogP contribution in [0, 0.1) is 0 Å². The number of carbonyl (C=O) groups is 1. The topological polar surface area (TPSA) is 49.2 Å². The quantitative estimate of drug-likeness (QED) is 0.910. The molecule has 2 heterocycles. The van der Waals surface area contributed by atoms with Gasteiger partial charge in [-0.2, -0.15) is 0 Å². The van der Waals surface area contributed by atoms with E-state index in [2.05, 4.69) is 6.07 Å². The van der Waals surface area contributed by atoms with Crippen molar-refractivity contribution in [2.45, 2.75) is 19.1 Å². The van der Waals surface area contributed by atoms with Gasteiger partial charge in [-0.15, -0.1) is 0 Å². The van der Waals surface area contributed by atoms with Crippen molar-refractivity contribution >= 4 is 5.78 Å². The van der Waals surface area contributed by atoms with Crippen molar-refractivity contribution in [1.82, 2.24) is 0 Å². The highest BCUT2D eigenvalue weighted by Crippen LogP contribution is 2.35. The van der Waals surface area contributed by atoms with E-state index in [0.29, 0.717) is 17.7 Å². The molecule has 1 fully saturated rings. The van der Waals surface area contributed by atoms with E-state index in [0.717, 1.165) is 49.7 Å². The van der Waals surface area contributed by atoms with Gasteiger partial charge in [0.2, 0.25) is 0 Å². The third-order valence-corrected chi connectivity index (χ3v) is 5.14. The summed E-state index contributed by atoms with van der Waals surface area (Å²) in [6.07, 6.45) is 0.120. The number of para-hydroxylation sites is 1. The van der Waals surface area contributed by atoms with Crippen LogP contribution in [-0.4, -0.2) is 39.2 Å². The predicted octanol–water partition coefficient (Wildman–Crippen LogP) is 1.82. The van der Waals surface area contributed by atoms with Gasteiger partial charge in [0.15, 0.2) is 5.78 Å². The van der Waals surface area contributed by atoms with Gasteiger partial charge in [-0.25, -0.2) is 0 Å². The van der Waals surface area contributed by atoms with E-state index < -0.39 is 0 Å². The lowest BCUT2D eigenvalue weighted by molar-refractivity contribution is -0.921. The van der Waals surface area contributed by atoms with E-state index in [-0.39, 0.29) is 11.9 Å². The summed E-state index contributed by atoms with van der Waals surface area (Å²) in [7, 11) is 1.70. The van der Waals surface area contributed by atoms with Gasteiger partial charge < -0.3 is 19.1 Å². The largest absolute Gasteiger partial charge is 0.496 e. The van der Waals surface area contributed by atoms with E-state index in [1.54, 1.807) is 7.11 Å². The van der Waals surface area contributed by atoms with Gasteiger partial charge in [0.05, 0.1) is 32.3 Å². The molecule has 136 valence electrons. The fourth-order valence-corrected chi connectivity index (χ4v) is 3.70. The number of fused-ring (bicyclic) bond motifs is 1. The Balaban J connectivity index is 1.59. The van der Waals surface area contributed by atoms with Crippen LogP contribution in [-0.2, 0) is 11.3 Å². The minimum atomic E-state index is -0.248. The van der Waals surface area contributed by atoms with Crippen LogP contribution >= 0.6 is 0 Å². The van der Waals surface area contributed by atoms with Crippen molar-refractivity contribution in [3.8, 4) is 11.5 Å². The molecule has 1 saturated heterocycles. The zero-order valence-electron chi connectivity index (χ0n) is 15.0. The van der Waals surface area contributed by atoms with E-state index in [4.69, 9.17) is 14.2 Å². The Morgan fingerprint density at radius 2 is 1.96 bits per heavy atom. The van der Waals surface area contributed by atoms with Gasteiger partial charge >= 0.3 is 0 Å². The zero-order chi connectivity index (χ0) is 17.9. The molecule has 2 aliphatic rings. The van der Waals surface area contributed by atoms with Gasteiger partial charge in [0.1, 0.15) is 37.2 Å². The lowest BCUT2D eigenvalue weighted by Crippen LogP contribution is -3.12. The number of hydrogen-bond donors (Lipinski definition) is 1. The summed E-state index contributed by atoms with van der Waals surface area (Å²) in [6, 6.07) is 13.6. The Morgan fingerprint density at radius 3 is 2.77 bits per heavy atom. The van der Waals surface area contributed by atoms with Crippen LogP contribution in [0.5, 0.6) is 11.5 Å². The monoisotopic (exact) mass is 354 g/mol. The van der Waals surface area contributed by atoms with Crippen molar-refractivity contribution in [2.75, 3.05) is 33.4 Å². The average Bonchev–Trinajstić information content (AvgIpc) is 2.69. The van der Waals surface area contributed by atoms with Gasteiger partial charge in [0.25, 0.3) is 0 Å². The standard InChI is InChI=1S/C21H23NO4/c1-24-19-7-6-15(12-16(19)14-22-8-10-25-11-9-22)21-13-18(23)17-4-2-3-5-20(17)26-21/h2-7,12,21H,8-11,13-14H2,1H3/p+1/t21-/m1/s1. The Labute approximate surface area is 153 Å². The first kappa shape index (κ1) is 17.1. The van der Waals surface area contributed by atoms with Crippen molar-refractivity contribution in [2.24, 2.45) is 0 Å². The molecule has 5 heteroatoms. The number of ether oxygens (including phenoxy) is 3. The molecule has 0 spiro atoms. The number of morpholine rings is 1. The number of Topliss-reactive ketones (excluding diaryl/α,β-unsaturated/α-hetero) is 1. The second-order valence-electron chi connectivity index (χ2n) is 6.84. The van der Waals surface area contributed by atoms with Crippen LogP contribution in [0.1, 0.15) is 34.0 Å². The van der Waals surface area contributed by atoms with Crippen molar-refractivity contribution < 1.29 is 23.9 Å².